The van der Waals surface area contributed by atoms with E-state index in [-0.39, 0.29) is 0 Å². The van der Waals surface area contributed by atoms with Crippen LogP contribution in [-0.4, -0.2) is 6.26 Å². The van der Waals surface area contributed by atoms with E-state index in [1.807, 2.05) is 11.8 Å². The first-order valence-electron chi connectivity index (χ1n) is 4.19. The predicted molar refractivity (Wildman–Crippen MR) is 53.8 cm³/mol. The van der Waals surface area contributed by atoms with Crippen LogP contribution < -0.4 is 0 Å². The summed E-state index contributed by atoms with van der Waals surface area (Å²) in [6.07, 6.45) is 9.20. The van der Waals surface area contributed by atoms with Gasteiger partial charge in [-0.15, -0.1) is 11.8 Å². The Balaban J connectivity index is 2.82. The van der Waals surface area contributed by atoms with E-state index in [9.17, 15) is 0 Å². The molecule has 0 heterocycles. The Kier molecular flexibility index (Phi) is 3.25. The quantitative estimate of drug-likeness (QED) is 0.607. The first kappa shape index (κ1) is 8.92. The van der Waals surface area contributed by atoms with Crippen molar-refractivity contribution in [2.24, 2.45) is 5.92 Å². The van der Waals surface area contributed by atoms with E-state index in [2.05, 4.69) is 32.3 Å². The standard InChI is InChI=1S/C10H16S/c1-8(2)9-6-4-5-7-10(9)11-3/h5,7-8H,4,6H2,1-3H3. The normalized spacial score (nSPS) is 18.2. The molecular weight excluding hydrogens is 152 g/mol. The lowest BCUT2D eigenvalue weighted by atomic mass is 9.95. The Morgan fingerprint density at radius 2 is 2.18 bits per heavy atom. The fourth-order valence-corrected chi connectivity index (χ4v) is 2.26. The maximum absolute atomic E-state index is 2.28. The zero-order valence-corrected chi connectivity index (χ0v) is 8.37. The van der Waals surface area contributed by atoms with Crippen LogP contribution in [0.5, 0.6) is 0 Å². The molecule has 1 rings (SSSR count). The van der Waals surface area contributed by atoms with Gasteiger partial charge in [-0.2, -0.15) is 0 Å². The van der Waals surface area contributed by atoms with Crippen molar-refractivity contribution in [3.8, 4) is 0 Å². The highest BCUT2D eigenvalue weighted by Gasteiger charge is 2.10. The molecule has 0 radical (unpaired) electrons. The number of allylic oxidation sites excluding steroid dienone is 3. The third-order valence-electron chi connectivity index (χ3n) is 2.08. The van der Waals surface area contributed by atoms with Crippen LogP contribution >= 0.6 is 11.8 Å². The van der Waals surface area contributed by atoms with Crippen LogP contribution in [-0.2, 0) is 0 Å². The molecule has 0 unspecified atom stereocenters. The van der Waals surface area contributed by atoms with Gasteiger partial charge in [-0.25, -0.2) is 0 Å². The van der Waals surface area contributed by atoms with Crippen LogP contribution in [0.3, 0.4) is 0 Å². The number of thioether (sulfide) groups is 1. The summed E-state index contributed by atoms with van der Waals surface area (Å²) in [4.78, 5) is 1.49. The molecule has 0 spiro atoms. The number of hydrogen-bond donors (Lipinski definition) is 0. The summed E-state index contributed by atoms with van der Waals surface area (Å²) in [5, 5.41) is 0. The molecule has 0 saturated heterocycles. The third kappa shape index (κ3) is 2.13. The average molecular weight is 168 g/mol. The van der Waals surface area contributed by atoms with E-state index in [0.29, 0.717) is 0 Å². The second kappa shape index (κ2) is 4.01. The molecule has 0 amide bonds. The van der Waals surface area contributed by atoms with Crippen molar-refractivity contribution in [2.75, 3.05) is 6.26 Å². The molecule has 0 aromatic heterocycles. The molecule has 1 heteroatoms. The Bertz CT molecular complexity index is 187. The van der Waals surface area contributed by atoms with Gasteiger partial charge in [0.25, 0.3) is 0 Å². The van der Waals surface area contributed by atoms with E-state index < -0.39 is 0 Å². The smallest absolute Gasteiger partial charge is 0.00606 e. The Hall–Kier alpha value is -0.170. The van der Waals surface area contributed by atoms with Crippen LogP contribution in [0.2, 0.25) is 0 Å². The Morgan fingerprint density at radius 1 is 1.45 bits per heavy atom. The molecule has 0 bridgehead atoms. The number of rotatable bonds is 2. The zero-order valence-electron chi connectivity index (χ0n) is 7.55. The third-order valence-corrected chi connectivity index (χ3v) is 2.92. The molecule has 0 aromatic rings. The molecule has 0 nitrogen and oxygen atoms in total. The van der Waals surface area contributed by atoms with Gasteiger partial charge in [-0.3, -0.25) is 0 Å². The lowest BCUT2D eigenvalue weighted by Gasteiger charge is -2.17. The van der Waals surface area contributed by atoms with E-state index in [1.54, 1.807) is 5.57 Å². The molecule has 0 aliphatic heterocycles. The highest BCUT2D eigenvalue weighted by molar-refractivity contribution is 8.02. The van der Waals surface area contributed by atoms with Crippen molar-refractivity contribution in [3.05, 3.63) is 22.6 Å². The second-order valence-corrected chi connectivity index (χ2v) is 4.04. The van der Waals surface area contributed by atoms with Crippen molar-refractivity contribution >= 4 is 11.8 Å². The van der Waals surface area contributed by atoms with E-state index in [4.69, 9.17) is 0 Å². The lowest BCUT2D eigenvalue weighted by Crippen LogP contribution is -1.99. The molecular formula is C10H16S. The zero-order chi connectivity index (χ0) is 8.27. The monoisotopic (exact) mass is 168 g/mol. The van der Waals surface area contributed by atoms with Crippen LogP contribution in [0.1, 0.15) is 26.7 Å². The Morgan fingerprint density at radius 3 is 2.64 bits per heavy atom. The predicted octanol–water partition coefficient (Wildman–Crippen LogP) is 3.61. The molecule has 0 saturated carbocycles. The minimum absolute atomic E-state index is 0.724. The van der Waals surface area contributed by atoms with Crippen LogP contribution in [0.15, 0.2) is 22.6 Å². The maximum Gasteiger partial charge on any atom is 0.00606 e. The van der Waals surface area contributed by atoms with Crippen molar-refractivity contribution in [3.63, 3.8) is 0 Å². The highest BCUT2D eigenvalue weighted by Crippen LogP contribution is 2.30. The summed E-state index contributed by atoms with van der Waals surface area (Å²) in [6, 6.07) is 0. The summed E-state index contributed by atoms with van der Waals surface area (Å²) in [5.41, 5.74) is 1.64. The van der Waals surface area contributed by atoms with Crippen molar-refractivity contribution in [1.82, 2.24) is 0 Å². The van der Waals surface area contributed by atoms with Gasteiger partial charge in [0.2, 0.25) is 0 Å². The Labute approximate surface area is 73.8 Å². The summed E-state index contributed by atoms with van der Waals surface area (Å²) < 4.78 is 0. The van der Waals surface area contributed by atoms with E-state index >= 15 is 0 Å². The minimum atomic E-state index is 0.724. The van der Waals surface area contributed by atoms with Gasteiger partial charge in [0, 0.05) is 4.91 Å². The molecule has 11 heavy (non-hydrogen) atoms. The van der Waals surface area contributed by atoms with Gasteiger partial charge in [-0.1, -0.05) is 31.6 Å². The molecule has 0 aromatic carbocycles. The largest absolute Gasteiger partial charge is 0.130 e. The summed E-state index contributed by atoms with van der Waals surface area (Å²) in [7, 11) is 0. The number of hydrogen-bond acceptors (Lipinski definition) is 1. The van der Waals surface area contributed by atoms with E-state index in [0.717, 1.165) is 5.92 Å². The molecule has 1 aliphatic rings. The van der Waals surface area contributed by atoms with Crippen LogP contribution in [0, 0.1) is 5.92 Å². The molecule has 0 atom stereocenters. The summed E-state index contributed by atoms with van der Waals surface area (Å²) in [6.45, 7) is 4.56. The first-order valence-corrected chi connectivity index (χ1v) is 5.41. The van der Waals surface area contributed by atoms with Gasteiger partial charge in [0.1, 0.15) is 0 Å². The van der Waals surface area contributed by atoms with Crippen LogP contribution in [0.4, 0.5) is 0 Å². The van der Waals surface area contributed by atoms with Gasteiger partial charge in [-0.05, 0) is 25.0 Å². The molecule has 0 fully saturated rings. The van der Waals surface area contributed by atoms with Gasteiger partial charge < -0.3 is 0 Å². The lowest BCUT2D eigenvalue weighted by molar-refractivity contribution is 0.707. The fourth-order valence-electron chi connectivity index (χ4n) is 1.43. The van der Waals surface area contributed by atoms with Gasteiger partial charge in [0.05, 0.1) is 0 Å². The molecule has 0 N–H and O–H groups in total. The highest BCUT2D eigenvalue weighted by atomic mass is 32.2. The van der Waals surface area contributed by atoms with Gasteiger partial charge in [0.15, 0.2) is 0 Å². The summed E-state index contributed by atoms with van der Waals surface area (Å²) in [5.74, 6) is 0.724. The van der Waals surface area contributed by atoms with Crippen molar-refractivity contribution in [2.45, 2.75) is 26.7 Å². The first-order chi connectivity index (χ1) is 5.25. The maximum atomic E-state index is 2.28. The van der Waals surface area contributed by atoms with Crippen LogP contribution in [0.25, 0.3) is 0 Å². The molecule has 1 aliphatic carbocycles. The van der Waals surface area contributed by atoms with Crippen molar-refractivity contribution < 1.29 is 0 Å². The van der Waals surface area contributed by atoms with Gasteiger partial charge >= 0.3 is 0 Å². The minimum Gasteiger partial charge on any atom is -0.130 e. The SMILES string of the molecule is CSC1=C(C(C)C)CCC=C1. The van der Waals surface area contributed by atoms with E-state index in [1.165, 1.54) is 17.7 Å². The molecule has 62 valence electrons. The topological polar surface area (TPSA) is 0 Å². The fraction of sp³-hybridized carbons (Fsp3) is 0.600. The second-order valence-electron chi connectivity index (χ2n) is 3.19. The summed E-state index contributed by atoms with van der Waals surface area (Å²) >= 11 is 1.87. The average Bonchev–Trinajstić information content (AvgIpc) is 2.04. The van der Waals surface area contributed by atoms with Crippen molar-refractivity contribution in [1.29, 1.82) is 0 Å².